The molecule has 1 aromatic rings. The molecule has 1 atom stereocenters. The maximum absolute atomic E-state index is 10.8. The highest BCUT2D eigenvalue weighted by molar-refractivity contribution is 5.81. The molecule has 0 aliphatic carbocycles. The zero-order valence-electron chi connectivity index (χ0n) is 8.72. The van der Waals surface area contributed by atoms with Crippen LogP contribution in [-0.4, -0.2) is 23.1 Å². The first kappa shape index (κ1) is 13.9. The van der Waals surface area contributed by atoms with Crippen LogP contribution in [0.25, 0.3) is 0 Å². The number of benzene rings is 1. The molecule has 0 aliphatic rings. The van der Waals surface area contributed by atoms with E-state index in [9.17, 15) is 9.59 Å². The van der Waals surface area contributed by atoms with E-state index in [1.54, 1.807) is 24.3 Å². The molecule has 6 nitrogen and oxygen atoms in total. The minimum absolute atomic E-state index is 0. The Labute approximate surface area is 93.0 Å². The molecular formula is C10H15N3O3. The highest BCUT2D eigenvalue weighted by Gasteiger charge is 2.18. The van der Waals surface area contributed by atoms with Crippen molar-refractivity contribution < 1.29 is 14.7 Å². The summed E-state index contributed by atoms with van der Waals surface area (Å²) in [5, 5.41) is 11.0. The number of amides is 2. The Morgan fingerprint density at radius 1 is 1.31 bits per heavy atom. The van der Waals surface area contributed by atoms with Crippen molar-refractivity contribution >= 4 is 12.0 Å². The lowest BCUT2D eigenvalue weighted by molar-refractivity contribution is -0.139. The third-order valence-electron chi connectivity index (χ3n) is 1.90. The largest absolute Gasteiger partial charge is 0.480 e. The first-order valence-corrected chi connectivity index (χ1v) is 4.42. The molecule has 0 saturated heterocycles. The molecule has 0 aliphatic heterocycles. The Morgan fingerprint density at radius 3 is 2.31 bits per heavy atom. The van der Waals surface area contributed by atoms with Gasteiger partial charge in [-0.2, -0.15) is 0 Å². The molecule has 88 valence electrons. The summed E-state index contributed by atoms with van der Waals surface area (Å²) in [7, 11) is 0. The molecule has 0 fully saturated rings. The van der Waals surface area contributed by atoms with E-state index in [1.807, 2.05) is 6.07 Å². The molecule has 0 aromatic heterocycles. The smallest absolute Gasteiger partial charge is 0.326 e. The average molecular weight is 225 g/mol. The fourth-order valence-electron chi connectivity index (χ4n) is 1.22. The predicted octanol–water partition coefficient (Wildman–Crippen LogP) is 0.513. The molecule has 1 rings (SSSR count). The molecule has 0 unspecified atom stereocenters. The van der Waals surface area contributed by atoms with E-state index >= 15 is 0 Å². The maximum atomic E-state index is 10.8. The predicted molar refractivity (Wildman–Crippen MR) is 59.3 cm³/mol. The van der Waals surface area contributed by atoms with E-state index < -0.39 is 18.0 Å². The summed E-state index contributed by atoms with van der Waals surface area (Å²) >= 11 is 0. The van der Waals surface area contributed by atoms with Gasteiger partial charge in [0.2, 0.25) is 0 Å². The molecule has 2 amide bonds. The summed E-state index contributed by atoms with van der Waals surface area (Å²) in [6, 6.07) is 7.21. The highest BCUT2D eigenvalue weighted by atomic mass is 16.4. The minimum atomic E-state index is -1.10. The number of aliphatic carboxylic acids is 1. The summed E-state index contributed by atoms with van der Waals surface area (Å²) in [5.41, 5.74) is 5.70. The number of carbonyl (C=O) groups is 2. The highest BCUT2D eigenvalue weighted by Crippen LogP contribution is 2.03. The Kier molecular flexibility index (Phi) is 5.58. The van der Waals surface area contributed by atoms with Crippen LogP contribution in [0.5, 0.6) is 0 Å². The van der Waals surface area contributed by atoms with Crippen molar-refractivity contribution in [3.8, 4) is 0 Å². The molecule has 0 spiro atoms. The molecule has 0 heterocycles. The average Bonchev–Trinajstić information content (AvgIpc) is 2.17. The van der Waals surface area contributed by atoms with Gasteiger partial charge in [-0.1, -0.05) is 30.3 Å². The van der Waals surface area contributed by atoms with Crippen LogP contribution in [0.4, 0.5) is 4.79 Å². The monoisotopic (exact) mass is 225 g/mol. The van der Waals surface area contributed by atoms with Crippen LogP contribution in [0.3, 0.4) is 0 Å². The fraction of sp³-hybridized carbons (Fsp3) is 0.200. The van der Waals surface area contributed by atoms with Gasteiger partial charge in [-0.25, -0.2) is 9.59 Å². The Hall–Kier alpha value is -2.08. The van der Waals surface area contributed by atoms with Crippen LogP contribution in [0.2, 0.25) is 0 Å². The lowest BCUT2D eigenvalue weighted by Crippen LogP contribution is -2.44. The molecule has 6 heteroatoms. The van der Waals surface area contributed by atoms with Gasteiger partial charge in [-0.15, -0.1) is 0 Å². The van der Waals surface area contributed by atoms with Crippen molar-refractivity contribution in [2.75, 3.05) is 0 Å². The van der Waals surface area contributed by atoms with E-state index in [4.69, 9.17) is 10.8 Å². The summed E-state index contributed by atoms with van der Waals surface area (Å²) < 4.78 is 0. The number of primary amides is 1. The minimum Gasteiger partial charge on any atom is -0.480 e. The molecule has 16 heavy (non-hydrogen) atoms. The third-order valence-corrected chi connectivity index (χ3v) is 1.90. The van der Waals surface area contributed by atoms with Gasteiger partial charge in [-0.05, 0) is 5.56 Å². The number of carboxylic acid groups (broad SMARTS) is 1. The number of hydrogen-bond donors (Lipinski definition) is 4. The van der Waals surface area contributed by atoms with Gasteiger partial charge in [0.25, 0.3) is 0 Å². The lowest BCUT2D eigenvalue weighted by atomic mass is 10.1. The second kappa shape index (κ2) is 6.41. The quantitative estimate of drug-likeness (QED) is 0.595. The van der Waals surface area contributed by atoms with E-state index in [0.717, 1.165) is 5.56 Å². The van der Waals surface area contributed by atoms with Gasteiger partial charge in [0, 0.05) is 6.42 Å². The van der Waals surface area contributed by atoms with Crippen molar-refractivity contribution in [3.63, 3.8) is 0 Å². The zero-order chi connectivity index (χ0) is 11.3. The van der Waals surface area contributed by atoms with E-state index in [0.29, 0.717) is 0 Å². The van der Waals surface area contributed by atoms with Crippen molar-refractivity contribution in [3.05, 3.63) is 35.9 Å². The second-order valence-electron chi connectivity index (χ2n) is 3.09. The number of urea groups is 1. The molecule has 7 N–H and O–H groups in total. The SMILES string of the molecule is N.NC(=O)N[C@@H](Cc1ccccc1)C(=O)O. The first-order chi connectivity index (χ1) is 7.09. The van der Waals surface area contributed by atoms with Gasteiger partial charge < -0.3 is 22.3 Å². The number of hydrogen-bond acceptors (Lipinski definition) is 3. The number of carbonyl (C=O) groups excluding carboxylic acids is 1. The summed E-state index contributed by atoms with van der Waals surface area (Å²) in [6.45, 7) is 0. The van der Waals surface area contributed by atoms with Crippen LogP contribution in [0, 0.1) is 0 Å². The van der Waals surface area contributed by atoms with Crippen LogP contribution in [0.1, 0.15) is 5.56 Å². The van der Waals surface area contributed by atoms with Crippen molar-refractivity contribution in [1.29, 1.82) is 0 Å². The van der Waals surface area contributed by atoms with E-state index in [2.05, 4.69) is 5.32 Å². The molecule has 0 bridgehead atoms. The molecule has 0 radical (unpaired) electrons. The Balaban J connectivity index is 0.00000225. The first-order valence-electron chi connectivity index (χ1n) is 4.42. The summed E-state index contributed by atoms with van der Waals surface area (Å²) in [5.74, 6) is -1.10. The Bertz CT molecular complexity index is 354. The van der Waals surface area contributed by atoms with Gasteiger partial charge in [-0.3, -0.25) is 0 Å². The van der Waals surface area contributed by atoms with E-state index in [-0.39, 0.29) is 12.6 Å². The molecule has 1 aromatic carbocycles. The summed E-state index contributed by atoms with van der Waals surface area (Å²) in [6.07, 6.45) is 0.221. The molecular weight excluding hydrogens is 210 g/mol. The van der Waals surface area contributed by atoms with Crippen molar-refractivity contribution in [1.82, 2.24) is 11.5 Å². The standard InChI is InChI=1S/C10H12N2O3.H3N/c11-10(15)12-8(9(13)14)6-7-4-2-1-3-5-7;/h1-5,8H,6H2,(H,13,14)(H3,11,12,15);1H3/t8-;/m0./s1. The third kappa shape index (κ3) is 4.43. The van der Waals surface area contributed by atoms with Crippen LogP contribution >= 0.6 is 0 Å². The topological polar surface area (TPSA) is 127 Å². The normalized spacial score (nSPS) is 11.0. The van der Waals surface area contributed by atoms with Crippen LogP contribution in [-0.2, 0) is 11.2 Å². The number of rotatable bonds is 4. The van der Waals surface area contributed by atoms with Gasteiger partial charge in [0.05, 0.1) is 0 Å². The maximum Gasteiger partial charge on any atom is 0.326 e. The van der Waals surface area contributed by atoms with Gasteiger partial charge >= 0.3 is 12.0 Å². The van der Waals surface area contributed by atoms with Crippen molar-refractivity contribution in [2.24, 2.45) is 5.73 Å². The number of nitrogens with two attached hydrogens (primary N) is 1. The van der Waals surface area contributed by atoms with Crippen LogP contribution in [0.15, 0.2) is 30.3 Å². The fourth-order valence-corrected chi connectivity index (χ4v) is 1.22. The van der Waals surface area contributed by atoms with Gasteiger partial charge in [0.1, 0.15) is 6.04 Å². The number of nitrogens with one attached hydrogen (secondary N) is 1. The van der Waals surface area contributed by atoms with Gasteiger partial charge in [0.15, 0.2) is 0 Å². The lowest BCUT2D eigenvalue weighted by Gasteiger charge is -2.12. The summed E-state index contributed by atoms with van der Waals surface area (Å²) in [4.78, 5) is 21.3. The second-order valence-corrected chi connectivity index (χ2v) is 3.09. The zero-order valence-corrected chi connectivity index (χ0v) is 8.72. The van der Waals surface area contributed by atoms with Crippen molar-refractivity contribution in [2.45, 2.75) is 12.5 Å². The Morgan fingerprint density at radius 2 is 1.88 bits per heavy atom. The van der Waals surface area contributed by atoms with Crippen LogP contribution < -0.4 is 17.2 Å². The van der Waals surface area contributed by atoms with E-state index in [1.165, 1.54) is 0 Å². The molecule has 0 saturated carbocycles. The number of carboxylic acids is 1.